The lowest BCUT2D eigenvalue weighted by atomic mass is 10.1. The topological polar surface area (TPSA) is 86.9 Å². The van der Waals surface area contributed by atoms with Crippen molar-refractivity contribution in [2.24, 2.45) is 5.10 Å². The van der Waals surface area contributed by atoms with Crippen molar-refractivity contribution in [2.45, 2.75) is 0 Å². The van der Waals surface area contributed by atoms with Crippen LogP contribution in [0.15, 0.2) is 108 Å². The molecule has 37 heavy (non-hydrogen) atoms. The van der Waals surface area contributed by atoms with E-state index >= 15 is 0 Å². The number of fused-ring (bicyclic) bond motifs is 4. The molecular weight excluding hydrogens is 484 g/mol. The summed E-state index contributed by atoms with van der Waals surface area (Å²) in [7, 11) is 0. The number of hydrazine groups is 2. The molecule has 0 saturated heterocycles. The smallest absolute Gasteiger partial charge is 0.258 e. The summed E-state index contributed by atoms with van der Waals surface area (Å²) in [5.74, 6) is 0.646. The Kier molecular flexibility index (Phi) is 4.76. The van der Waals surface area contributed by atoms with Gasteiger partial charge in [0.05, 0.1) is 26.2 Å². The second-order valence-electron chi connectivity index (χ2n) is 8.56. The Morgan fingerprint density at radius 2 is 1.51 bits per heavy atom. The highest BCUT2D eigenvalue weighted by Gasteiger charge is 2.31. The number of thiazole rings is 1. The lowest BCUT2D eigenvalue weighted by molar-refractivity contribution is -0.383. The third kappa shape index (κ3) is 3.44. The highest BCUT2D eigenvalue weighted by Crippen LogP contribution is 2.39. The van der Waals surface area contributed by atoms with Crippen molar-refractivity contribution >= 4 is 65.4 Å². The van der Waals surface area contributed by atoms with Crippen molar-refractivity contribution < 1.29 is 4.92 Å². The maximum Gasteiger partial charge on any atom is 0.277 e. The summed E-state index contributed by atoms with van der Waals surface area (Å²) >= 11 is 1.55. The van der Waals surface area contributed by atoms with Gasteiger partial charge >= 0.3 is 0 Å². The lowest BCUT2D eigenvalue weighted by Crippen LogP contribution is -2.44. The fourth-order valence-corrected chi connectivity index (χ4v) is 5.59. The number of nitro benzene ring substituents is 1. The molecule has 1 N–H and O–H groups in total. The molecule has 2 heterocycles. The molecule has 0 radical (unpaired) electrons. The van der Waals surface area contributed by atoms with Gasteiger partial charge in [-0.1, -0.05) is 90.2 Å². The number of rotatable bonds is 4. The molecule has 1 aliphatic rings. The molecule has 6 aromatic rings. The van der Waals surface area contributed by atoms with Gasteiger partial charge in [-0.3, -0.25) is 15.5 Å². The van der Waals surface area contributed by atoms with Gasteiger partial charge < -0.3 is 0 Å². The first kappa shape index (κ1) is 21.3. The average molecular weight is 503 g/mol. The summed E-state index contributed by atoms with van der Waals surface area (Å²) in [4.78, 5) is 16.4. The second kappa shape index (κ2) is 8.28. The van der Waals surface area contributed by atoms with Crippen molar-refractivity contribution in [1.82, 2.24) is 10.4 Å². The van der Waals surface area contributed by atoms with E-state index in [0.29, 0.717) is 27.4 Å². The average Bonchev–Trinajstić information content (AvgIpc) is 3.58. The normalized spacial score (nSPS) is 13.4. The maximum atomic E-state index is 11.7. The zero-order valence-electron chi connectivity index (χ0n) is 19.3. The van der Waals surface area contributed by atoms with Crippen LogP contribution in [0.4, 0.5) is 16.5 Å². The minimum Gasteiger partial charge on any atom is -0.258 e. The Balaban J connectivity index is 1.42. The van der Waals surface area contributed by atoms with Crippen molar-refractivity contribution in [3.8, 4) is 0 Å². The van der Waals surface area contributed by atoms with Gasteiger partial charge in [-0.25, -0.2) is 4.98 Å². The Morgan fingerprint density at radius 1 is 0.784 bits per heavy atom. The van der Waals surface area contributed by atoms with E-state index in [0.717, 1.165) is 26.6 Å². The van der Waals surface area contributed by atoms with Gasteiger partial charge in [0.15, 0.2) is 5.84 Å². The van der Waals surface area contributed by atoms with Crippen LogP contribution in [0.2, 0.25) is 0 Å². The van der Waals surface area contributed by atoms with Crippen LogP contribution in [0.25, 0.3) is 31.8 Å². The van der Waals surface area contributed by atoms with E-state index in [1.54, 1.807) is 39.8 Å². The summed E-state index contributed by atoms with van der Waals surface area (Å²) in [6, 6.07) is 32.8. The highest BCUT2D eigenvalue weighted by atomic mass is 32.1. The molecule has 0 aliphatic carbocycles. The number of benzene rings is 5. The van der Waals surface area contributed by atoms with Crippen LogP contribution in [0, 0.1) is 10.1 Å². The fraction of sp³-hybridized carbons (Fsp3) is 0. The number of anilines is 2. The number of amidine groups is 1. The summed E-state index contributed by atoms with van der Waals surface area (Å²) in [6.07, 6.45) is 0. The van der Waals surface area contributed by atoms with E-state index in [-0.39, 0.29) is 10.6 Å². The monoisotopic (exact) mass is 502 g/mol. The lowest BCUT2D eigenvalue weighted by Gasteiger charge is -2.26. The molecule has 0 bridgehead atoms. The van der Waals surface area contributed by atoms with Crippen LogP contribution in [-0.4, -0.2) is 15.7 Å². The number of non-ortho nitro benzene ring substituents is 1. The van der Waals surface area contributed by atoms with Gasteiger partial charge in [-0.05, 0) is 23.6 Å². The van der Waals surface area contributed by atoms with Crippen LogP contribution in [0.3, 0.4) is 0 Å². The van der Waals surface area contributed by atoms with Gasteiger partial charge in [-0.15, -0.1) is 15.3 Å². The Morgan fingerprint density at radius 3 is 2.32 bits per heavy atom. The third-order valence-corrected chi connectivity index (χ3v) is 7.38. The van der Waals surface area contributed by atoms with Crippen molar-refractivity contribution in [1.29, 1.82) is 0 Å². The summed E-state index contributed by atoms with van der Waals surface area (Å²) in [5, 5.41) is 24.3. The van der Waals surface area contributed by atoms with Gasteiger partial charge in [0.1, 0.15) is 0 Å². The number of hydrazone groups is 1. The summed E-state index contributed by atoms with van der Waals surface area (Å²) < 4.78 is 1.05. The molecule has 0 amide bonds. The number of aromatic nitrogens is 1. The zero-order chi connectivity index (χ0) is 24.9. The molecule has 0 unspecified atom stereocenters. The summed E-state index contributed by atoms with van der Waals surface area (Å²) in [6.45, 7) is 0. The van der Waals surface area contributed by atoms with E-state index in [2.05, 4.69) is 29.7 Å². The number of hydrogen-bond donors (Lipinski definition) is 1. The number of hydrogen-bond acceptors (Lipinski definition) is 8. The van der Waals surface area contributed by atoms with Crippen LogP contribution >= 0.6 is 11.3 Å². The highest BCUT2D eigenvalue weighted by molar-refractivity contribution is 7.22. The van der Waals surface area contributed by atoms with E-state index in [1.807, 2.05) is 54.6 Å². The largest absolute Gasteiger partial charge is 0.277 e. The van der Waals surface area contributed by atoms with Crippen molar-refractivity contribution in [3.05, 3.63) is 119 Å². The summed E-state index contributed by atoms with van der Waals surface area (Å²) in [5.41, 5.74) is 5.99. The van der Waals surface area contributed by atoms with Crippen LogP contribution in [0.5, 0.6) is 0 Å². The molecule has 178 valence electrons. The predicted molar refractivity (Wildman–Crippen MR) is 149 cm³/mol. The zero-order valence-corrected chi connectivity index (χ0v) is 20.1. The molecule has 8 nitrogen and oxygen atoms in total. The first-order chi connectivity index (χ1) is 18.2. The molecule has 1 aromatic heterocycles. The number of nitrogens with one attached hydrogen (secondary N) is 1. The Hall–Kier alpha value is -5.02. The third-order valence-electron chi connectivity index (χ3n) is 6.39. The standard InChI is InChI=1S/C28H18N6O2S/c35-34(36)24-16-15-23(21-12-6-7-13-22(21)24)32-30-27(19-9-2-1-3-10-19)31-33(32)28-29-26-20-11-5-4-8-18(20)14-17-25(26)37-28/h1-17H,(H,30,31). The SMILES string of the molecule is O=[N+]([O-])c1ccc(N2N=C(c3ccccc3)NN2c2nc3c(ccc4ccccc43)s2)c2ccccc12. The molecule has 0 atom stereocenters. The molecule has 7 rings (SSSR count). The second-order valence-corrected chi connectivity index (χ2v) is 9.57. The Bertz CT molecular complexity index is 1870. The van der Waals surface area contributed by atoms with Gasteiger partial charge in [0, 0.05) is 22.4 Å². The van der Waals surface area contributed by atoms with Gasteiger partial charge in [0.2, 0.25) is 5.13 Å². The first-order valence-electron chi connectivity index (χ1n) is 11.6. The van der Waals surface area contributed by atoms with Gasteiger partial charge in [0.25, 0.3) is 5.69 Å². The van der Waals surface area contributed by atoms with Crippen LogP contribution < -0.4 is 15.7 Å². The molecule has 5 aromatic carbocycles. The minimum atomic E-state index is -0.358. The molecule has 0 spiro atoms. The van der Waals surface area contributed by atoms with Gasteiger partial charge in [-0.2, -0.15) is 0 Å². The molecule has 0 fully saturated rings. The Labute approximate surface area is 214 Å². The van der Waals surface area contributed by atoms with E-state index in [4.69, 9.17) is 10.1 Å². The van der Waals surface area contributed by atoms with Crippen LogP contribution in [-0.2, 0) is 0 Å². The predicted octanol–water partition coefficient (Wildman–Crippen LogP) is 6.62. The van der Waals surface area contributed by atoms with Crippen molar-refractivity contribution in [3.63, 3.8) is 0 Å². The van der Waals surface area contributed by atoms with E-state index in [9.17, 15) is 10.1 Å². The molecule has 1 aliphatic heterocycles. The minimum absolute atomic E-state index is 0.0526. The first-order valence-corrected chi connectivity index (χ1v) is 12.4. The maximum absolute atomic E-state index is 11.7. The fourth-order valence-electron chi connectivity index (χ4n) is 4.66. The number of nitro groups is 1. The number of nitrogens with zero attached hydrogens (tertiary/aromatic N) is 5. The van der Waals surface area contributed by atoms with Crippen molar-refractivity contribution in [2.75, 3.05) is 10.2 Å². The van der Waals surface area contributed by atoms with E-state index in [1.165, 1.54) is 6.07 Å². The molecular formula is C28H18N6O2S. The van der Waals surface area contributed by atoms with E-state index < -0.39 is 0 Å². The molecule has 0 saturated carbocycles. The molecule has 9 heteroatoms. The van der Waals surface area contributed by atoms with Crippen LogP contribution in [0.1, 0.15) is 5.56 Å². The quantitative estimate of drug-likeness (QED) is 0.215.